The van der Waals surface area contributed by atoms with E-state index in [1.165, 1.54) is 231 Å². The number of rotatable bonds is 68. The van der Waals surface area contributed by atoms with Crippen molar-refractivity contribution in [1.82, 2.24) is 0 Å². The molecule has 0 aromatic carbocycles. The molecule has 0 saturated heterocycles. The second kappa shape index (κ2) is 68.4. The largest absolute Gasteiger partial charge is 0.477 e. The second-order valence-electron chi connectivity index (χ2n) is 25.9. The minimum Gasteiger partial charge on any atom is -0.477 e. The summed E-state index contributed by atoms with van der Waals surface area (Å²) in [6.45, 7) is 4.80. The van der Waals surface area contributed by atoms with Crippen LogP contribution in [0.2, 0.25) is 0 Å². The van der Waals surface area contributed by atoms with E-state index in [9.17, 15) is 19.5 Å². The van der Waals surface area contributed by atoms with E-state index in [2.05, 4.69) is 98.9 Å². The summed E-state index contributed by atoms with van der Waals surface area (Å²) in [5.41, 5.74) is 0. The lowest BCUT2D eigenvalue weighted by atomic mass is 10.0. The van der Waals surface area contributed by atoms with Gasteiger partial charge in [-0.05, 0) is 89.9 Å². The van der Waals surface area contributed by atoms with Gasteiger partial charge < -0.3 is 28.5 Å². The van der Waals surface area contributed by atoms with Gasteiger partial charge in [-0.25, -0.2) is 4.79 Å². The zero-order chi connectivity index (χ0) is 63.3. The van der Waals surface area contributed by atoms with Crippen LogP contribution in [0.4, 0.5) is 0 Å². The standard InChI is InChI=1S/C78H139NO8/c1-6-8-10-12-14-16-18-20-22-24-26-28-30-32-34-36-37-38-39-41-43-45-47-49-51-53-55-57-59-61-63-65-67-69-76(81)87-74(73-86-78(77(82)83)84-71-70-79(3,4)5)72-85-75(80)68-66-64-62-60-58-56-54-52-50-48-46-44-42-40-35-33-31-29-27-25-23-21-19-17-15-13-11-9-7-2/h8,10,14,16,19-22,25-28,32,34,74,78H,6-7,9,11-13,15,17-18,23-24,29-31,33,35-73H2,1-5H3/p+1/b10-8-,16-14-,21-19-,22-20-,27-25-,28-26-,34-32-. The van der Waals surface area contributed by atoms with Crippen molar-refractivity contribution in [3.8, 4) is 0 Å². The fraction of sp³-hybridized carbons (Fsp3) is 0.782. The predicted molar refractivity (Wildman–Crippen MR) is 373 cm³/mol. The average Bonchev–Trinajstić information content (AvgIpc) is 3.59. The summed E-state index contributed by atoms with van der Waals surface area (Å²) in [6.07, 6.45) is 89.9. The van der Waals surface area contributed by atoms with Crippen LogP contribution in [0.5, 0.6) is 0 Å². The molecule has 0 aliphatic heterocycles. The van der Waals surface area contributed by atoms with E-state index < -0.39 is 24.3 Å². The number of nitrogens with zero attached hydrogens (tertiary/aromatic N) is 1. The Morgan fingerprint density at radius 1 is 0.356 bits per heavy atom. The maximum atomic E-state index is 13.0. The molecule has 9 nitrogen and oxygen atoms in total. The number of aliphatic carboxylic acids is 1. The molecule has 0 rings (SSSR count). The zero-order valence-corrected chi connectivity index (χ0v) is 57.7. The number of carboxylic acids is 1. The summed E-state index contributed by atoms with van der Waals surface area (Å²) in [6, 6.07) is 0. The molecule has 0 heterocycles. The van der Waals surface area contributed by atoms with Crippen LogP contribution < -0.4 is 0 Å². The molecule has 2 atom stereocenters. The number of unbranched alkanes of at least 4 members (excludes halogenated alkanes) is 39. The Kier molecular flexibility index (Phi) is 65.6. The first kappa shape index (κ1) is 83.5. The van der Waals surface area contributed by atoms with Gasteiger partial charge in [-0.1, -0.05) is 317 Å². The van der Waals surface area contributed by atoms with Gasteiger partial charge in [0.05, 0.1) is 34.4 Å². The quantitative estimate of drug-likeness (QED) is 0.0211. The molecule has 87 heavy (non-hydrogen) atoms. The minimum absolute atomic E-state index is 0.181. The smallest absolute Gasteiger partial charge is 0.361 e. The number of hydrogen-bond donors (Lipinski definition) is 1. The van der Waals surface area contributed by atoms with Crippen LogP contribution in [-0.2, 0) is 33.3 Å². The lowest BCUT2D eigenvalue weighted by molar-refractivity contribution is -0.870. The summed E-state index contributed by atoms with van der Waals surface area (Å²) in [7, 11) is 5.99. The highest BCUT2D eigenvalue weighted by Crippen LogP contribution is 2.18. The number of carboxylic acid groups (broad SMARTS) is 1. The van der Waals surface area contributed by atoms with Crippen LogP contribution in [0.3, 0.4) is 0 Å². The Morgan fingerprint density at radius 2 is 0.655 bits per heavy atom. The average molecular weight is 1220 g/mol. The van der Waals surface area contributed by atoms with Gasteiger partial charge >= 0.3 is 17.9 Å². The summed E-state index contributed by atoms with van der Waals surface area (Å²) >= 11 is 0. The fourth-order valence-corrected chi connectivity index (χ4v) is 10.5. The van der Waals surface area contributed by atoms with E-state index in [1.807, 2.05) is 21.1 Å². The molecule has 0 aliphatic rings. The lowest BCUT2D eigenvalue weighted by Crippen LogP contribution is -2.40. The molecular weight excluding hydrogens is 1080 g/mol. The van der Waals surface area contributed by atoms with Gasteiger partial charge in [-0.3, -0.25) is 9.59 Å². The highest BCUT2D eigenvalue weighted by molar-refractivity contribution is 5.71. The van der Waals surface area contributed by atoms with Gasteiger partial charge in [0, 0.05) is 12.8 Å². The first-order chi connectivity index (χ1) is 42.6. The molecule has 0 bridgehead atoms. The van der Waals surface area contributed by atoms with E-state index in [1.54, 1.807) is 0 Å². The maximum absolute atomic E-state index is 13.0. The highest BCUT2D eigenvalue weighted by atomic mass is 16.7. The molecule has 2 unspecified atom stereocenters. The summed E-state index contributed by atoms with van der Waals surface area (Å²) in [5, 5.41) is 9.76. The van der Waals surface area contributed by atoms with Crippen molar-refractivity contribution in [3.63, 3.8) is 0 Å². The molecular formula is C78H140NO8+. The van der Waals surface area contributed by atoms with Gasteiger partial charge in [0.15, 0.2) is 6.10 Å². The molecule has 504 valence electrons. The maximum Gasteiger partial charge on any atom is 0.361 e. The number of allylic oxidation sites excluding steroid dienone is 14. The van der Waals surface area contributed by atoms with Crippen molar-refractivity contribution >= 4 is 17.9 Å². The Morgan fingerprint density at radius 3 is 0.977 bits per heavy atom. The van der Waals surface area contributed by atoms with Crippen LogP contribution in [0.15, 0.2) is 85.1 Å². The number of ether oxygens (including phenoxy) is 4. The fourth-order valence-electron chi connectivity index (χ4n) is 10.5. The SMILES string of the molecule is CC/C=C\C/C=C\C/C=C\C/C=C\C/C=C\CCCCCCCCCCCCCCCCCCCC(=O)OC(COC(=O)CCCCCCCCCCCCCCCCCCC/C=C\C/C=C\CCCCCCC)COC(OCC[N+](C)(C)C)C(=O)O. The topological polar surface area (TPSA) is 108 Å². The third kappa shape index (κ3) is 69.8. The van der Waals surface area contributed by atoms with E-state index in [0.29, 0.717) is 17.4 Å². The number of esters is 2. The molecule has 0 aliphatic carbocycles. The third-order valence-electron chi connectivity index (χ3n) is 16.1. The lowest BCUT2D eigenvalue weighted by Gasteiger charge is -2.25. The monoisotopic (exact) mass is 1220 g/mol. The number of carbonyl (C=O) groups is 3. The van der Waals surface area contributed by atoms with Crippen LogP contribution in [0.25, 0.3) is 0 Å². The first-order valence-electron chi connectivity index (χ1n) is 36.8. The Balaban J connectivity index is 4.06. The van der Waals surface area contributed by atoms with E-state index in [4.69, 9.17) is 18.9 Å². The van der Waals surface area contributed by atoms with Crippen molar-refractivity contribution in [1.29, 1.82) is 0 Å². The first-order valence-corrected chi connectivity index (χ1v) is 36.8. The Bertz CT molecular complexity index is 1700. The second-order valence-corrected chi connectivity index (χ2v) is 25.9. The van der Waals surface area contributed by atoms with E-state index in [-0.39, 0.29) is 32.2 Å². The molecule has 0 saturated carbocycles. The van der Waals surface area contributed by atoms with Crippen molar-refractivity contribution in [2.24, 2.45) is 0 Å². The van der Waals surface area contributed by atoms with Crippen molar-refractivity contribution in [2.45, 2.75) is 347 Å². The van der Waals surface area contributed by atoms with Gasteiger partial charge in [0.25, 0.3) is 6.29 Å². The molecule has 0 aromatic heterocycles. The zero-order valence-electron chi connectivity index (χ0n) is 57.7. The van der Waals surface area contributed by atoms with Gasteiger partial charge in [0.1, 0.15) is 13.2 Å². The summed E-state index contributed by atoms with van der Waals surface area (Å²) in [5.74, 6) is -1.99. The predicted octanol–water partition coefficient (Wildman–Crippen LogP) is 23.0. The van der Waals surface area contributed by atoms with E-state index >= 15 is 0 Å². The third-order valence-corrected chi connectivity index (χ3v) is 16.1. The number of hydrogen-bond acceptors (Lipinski definition) is 7. The highest BCUT2D eigenvalue weighted by Gasteiger charge is 2.25. The van der Waals surface area contributed by atoms with Gasteiger partial charge in [-0.2, -0.15) is 0 Å². The molecule has 0 fully saturated rings. The van der Waals surface area contributed by atoms with Gasteiger partial charge in [0.2, 0.25) is 0 Å². The van der Waals surface area contributed by atoms with Crippen molar-refractivity contribution in [3.05, 3.63) is 85.1 Å². The molecule has 0 amide bonds. The van der Waals surface area contributed by atoms with Gasteiger partial charge in [-0.15, -0.1) is 0 Å². The molecule has 0 spiro atoms. The Hall–Kier alpha value is -3.53. The molecule has 9 heteroatoms. The molecule has 1 N–H and O–H groups in total. The summed E-state index contributed by atoms with van der Waals surface area (Å²) < 4.78 is 23.0. The summed E-state index contributed by atoms with van der Waals surface area (Å²) in [4.78, 5) is 37.7. The van der Waals surface area contributed by atoms with E-state index in [0.717, 1.165) is 77.0 Å². The molecule has 0 aromatic rings. The normalized spacial score (nSPS) is 13.2. The van der Waals surface area contributed by atoms with Crippen molar-refractivity contribution in [2.75, 3.05) is 47.5 Å². The van der Waals surface area contributed by atoms with Crippen LogP contribution in [0.1, 0.15) is 335 Å². The van der Waals surface area contributed by atoms with Crippen molar-refractivity contribution < 1.29 is 42.9 Å². The van der Waals surface area contributed by atoms with Crippen LogP contribution >= 0.6 is 0 Å². The van der Waals surface area contributed by atoms with Crippen LogP contribution in [0, 0.1) is 0 Å². The Labute approximate surface area is 538 Å². The number of quaternary nitrogens is 1. The van der Waals surface area contributed by atoms with Crippen LogP contribution in [-0.4, -0.2) is 87.4 Å². The number of carbonyl (C=O) groups excluding carboxylic acids is 2. The number of likely N-dealkylation sites (N-methyl/N-ethyl adjacent to an activating group) is 1. The molecule has 0 radical (unpaired) electrons. The minimum atomic E-state index is -1.51.